The molecule has 0 aliphatic carbocycles. The normalized spacial score (nSPS) is 10.3. The first-order chi connectivity index (χ1) is 9.97. The van der Waals surface area contributed by atoms with E-state index in [1.165, 1.54) is 0 Å². The molecule has 2 rings (SSSR count). The van der Waals surface area contributed by atoms with Crippen LogP contribution in [0.4, 0.5) is 11.4 Å². The van der Waals surface area contributed by atoms with Crippen LogP contribution in [0, 0.1) is 13.8 Å². The molecule has 0 spiro atoms. The average molecular weight is 368 g/mol. The van der Waals surface area contributed by atoms with Gasteiger partial charge in [0, 0.05) is 20.9 Å². The second-order valence-electron chi connectivity index (χ2n) is 4.78. The molecule has 0 aliphatic rings. The van der Waals surface area contributed by atoms with Gasteiger partial charge in [0.05, 0.1) is 6.54 Å². The van der Waals surface area contributed by atoms with Gasteiger partial charge in [0.25, 0.3) is 0 Å². The Hall–Kier alpha value is -1.52. The van der Waals surface area contributed by atoms with Gasteiger partial charge in [-0.2, -0.15) is 0 Å². The molecule has 0 aromatic heterocycles. The summed E-state index contributed by atoms with van der Waals surface area (Å²) in [6.07, 6.45) is 0. The smallest absolute Gasteiger partial charge is 0.243 e. The summed E-state index contributed by atoms with van der Waals surface area (Å²) in [5.74, 6) is -0.106. The monoisotopic (exact) mass is 366 g/mol. The predicted octanol–water partition coefficient (Wildman–Crippen LogP) is 4.77. The average Bonchev–Trinajstić information content (AvgIpc) is 2.44. The quantitative estimate of drug-likeness (QED) is 0.817. The molecular weight excluding hydrogens is 352 g/mol. The molecule has 0 bridgehead atoms. The zero-order chi connectivity index (χ0) is 15.4. The van der Waals surface area contributed by atoms with Crippen LogP contribution in [0.5, 0.6) is 0 Å². The van der Waals surface area contributed by atoms with Crippen molar-refractivity contribution in [1.82, 2.24) is 0 Å². The minimum Gasteiger partial charge on any atom is -0.376 e. The van der Waals surface area contributed by atoms with Crippen molar-refractivity contribution in [3.8, 4) is 0 Å². The molecule has 5 heteroatoms. The summed E-state index contributed by atoms with van der Waals surface area (Å²) in [6.45, 7) is 4.10. The third-order valence-electron chi connectivity index (χ3n) is 3.16. The highest BCUT2D eigenvalue weighted by Crippen LogP contribution is 2.23. The van der Waals surface area contributed by atoms with Gasteiger partial charge in [-0.25, -0.2) is 0 Å². The first-order valence-electron chi connectivity index (χ1n) is 6.52. The Morgan fingerprint density at radius 2 is 2.00 bits per heavy atom. The number of anilines is 2. The lowest BCUT2D eigenvalue weighted by Gasteiger charge is -2.11. The lowest BCUT2D eigenvalue weighted by molar-refractivity contribution is -0.114. The first kappa shape index (κ1) is 15.9. The highest BCUT2D eigenvalue weighted by Gasteiger charge is 2.06. The molecule has 2 aromatic carbocycles. The molecule has 2 aromatic rings. The van der Waals surface area contributed by atoms with E-state index in [0.29, 0.717) is 5.02 Å². The van der Waals surface area contributed by atoms with E-state index in [1.54, 1.807) is 0 Å². The Kier molecular flexibility index (Phi) is 5.26. The van der Waals surface area contributed by atoms with E-state index in [4.69, 9.17) is 11.6 Å². The third-order valence-corrected chi connectivity index (χ3v) is 4.43. The fraction of sp³-hybridized carbons (Fsp3) is 0.188. The molecule has 1 amide bonds. The maximum atomic E-state index is 12.0. The zero-order valence-corrected chi connectivity index (χ0v) is 14.2. The summed E-state index contributed by atoms with van der Waals surface area (Å²) in [4.78, 5) is 12.0. The molecule has 0 heterocycles. The van der Waals surface area contributed by atoms with Gasteiger partial charge < -0.3 is 10.6 Å². The summed E-state index contributed by atoms with van der Waals surface area (Å²) in [5.41, 5.74) is 3.69. The van der Waals surface area contributed by atoms with Crippen molar-refractivity contribution in [3.63, 3.8) is 0 Å². The number of hydrogen-bond acceptors (Lipinski definition) is 2. The van der Waals surface area contributed by atoms with Crippen molar-refractivity contribution < 1.29 is 4.79 Å². The minimum absolute atomic E-state index is 0.106. The molecule has 0 atom stereocenters. The summed E-state index contributed by atoms with van der Waals surface area (Å²) >= 11 is 9.49. The minimum atomic E-state index is -0.106. The van der Waals surface area contributed by atoms with Crippen LogP contribution < -0.4 is 10.6 Å². The van der Waals surface area contributed by atoms with E-state index in [1.807, 2.05) is 50.2 Å². The number of carbonyl (C=O) groups is 1. The number of rotatable bonds is 4. The van der Waals surface area contributed by atoms with E-state index in [9.17, 15) is 4.79 Å². The molecule has 3 nitrogen and oxygen atoms in total. The Morgan fingerprint density at radius 3 is 2.71 bits per heavy atom. The number of nitrogens with one attached hydrogen (secondary N) is 2. The van der Waals surface area contributed by atoms with Gasteiger partial charge in [0.1, 0.15) is 0 Å². The number of carbonyl (C=O) groups excluding carboxylic acids is 1. The topological polar surface area (TPSA) is 41.1 Å². The van der Waals surface area contributed by atoms with Crippen molar-refractivity contribution >= 4 is 44.8 Å². The van der Waals surface area contributed by atoms with Gasteiger partial charge in [0.15, 0.2) is 0 Å². The lowest BCUT2D eigenvalue weighted by Crippen LogP contribution is -2.22. The van der Waals surface area contributed by atoms with Crippen molar-refractivity contribution in [3.05, 3.63) is 57.0 Å². The van der Waals surface area contributed by atoms with E-state index in [-0.39, 0.29) is 12.5 Å². The van der Waals surface area contributed by atoms with Crippen LogP contribution in [0.15, 0.2) is 40.9 Å². The van der Waals surface area contributed by atoms with Crippen LogP contribution in [0.1, 0.15) is 11.1 Å². The third kappa shape index (κ3) is 4.22. The van der Waals surface area contributed by atoms with Crippen LogP contribution in [0.2, 0.25) is 5.02 Å². The van der Waals surface area contributed by atoms with E-state index < -0.39 is 0 Å². The van der Waals surface area contributed by atoms with E-state index in [0.717, 1.165) is 27.0 Å². The largest absolute Gasteiger partial charge is 0.376 e. The summed E-state index contributed by atoms with van der Waals surface area (Å²) in [5, 5.41) is 6.62. The fourth-order valence-corrected chi connectivity index (χ4v) is 2.40. The van der Waals surface area contributed by atoms with Crippen molar-refractivity contribution in [2.75, 3.05) is 17.2 Å². The SMILES string of the molecule is Cc1ccc(NC(=O)CNc2cccc(Cl)c2C)cc1Br. The highest BCUT2D eigenvalue weighted by molar-refractivity contribution is 9.10. The van der Waals surface area contributed by atoms with Crippen molar-refractivity contribution in [2.45, 2.75) is 13.8 Å². The van der Waals surface area contributed by atoms with Gasteiger partial charge in [-0.1, -0.05) is 39.7 Å². The Bertz CT molecular complexity index is 673. The molecule has 0 aliphatic heterocycles. The second kappa shape index (κ2) is 6.96. The molecule has 110 valence electrons. The standard InChI is InChI=1S/C16H16BrClN2O/c1-10-6-7-12(8-13(10)17)20-16(21)9-19-15-5-3-4-14(18)11(15)2/h3-8,19H,9H2,1-2H3,(H,20,21). The molecule has 2 N–H and O–H groups in total. The number of halogens is 2. The molecule has 0 radical (unpaired) electrons. The van der Waals surface area contributed by atoms with Crippen LogP contribution in [-0.2, 0) is 4.79 Å². The van der Waals surface area contributed by atoms with Gasteiger partial charge in [-0.15, -0.1) is 0 Å². The molecule has 21 heavy (non-hydrogen) atoms. The Labute approximate surface area is 137 Å². The maximum Gasteiger partial charge on any atom is 0.243 e. The van der Waals surface area contributed by atoms with Gasteiger partial charge in [-0.3, -0.25) is 4.79 Å². The van der Waals surface area contributed by atoms with Crippen LogP contribution in [0.3, 0.4) is 0 Å². The van der Waals surface area contributed by atoms with Gasteiger partial charge in [-0.05, 0) is 49.2 Å². The molecule has 0 fully saturated rings. The van der Waals surface area contributed by atoms with Crippen LogP contribution in [0.25, 0.3) is 0 Å². The number of benzene rings is 2. The highest BCUT2D eigenvalue weighted by atomic mass is 79.9. The number of amides is 1. The summed E-state index contributed by atoms with van der Waals surface area (Å²) in [7, 11) is 0. The fourth-order valence-electron chi connectivity index (χ4n) is 1.85. The van der Waals surface area contributed by atoms with Crippen molar-refractivity contribution in [1.29, 1.82) is 0 Å². The van der Waals surface area contributed by atoms with Gasteiger partial charge in [0.2, 0.25) is 5.91 Å². The number of aryl methyl sites for hydroxylation is 1. The molecule has 0 unspecified atom stereocenters. The second-order valence-corrected chi connectivity index (χ2v) is 6.04. The number of hydrogen-bond donors (Lipinski definition) is 2. The van der Waals surface area contributed by atoms with E-state index in [2.05, 4.69) is 26.6 Å². The summed E-state index contributed by atoms with van der Waals surface area (Å²) in [6, 6.07) is 11.3. The zero-order valence-electron chi connectivity index (χ0n) is 11.8. The first-order valence-corrected chi connectivity index (χ1v) is 7.69. The van der Waals surface area contributed by atoms with Gasteiger partial charge >= 0.3 is 0 Å². The summed E-state index contributed by atoms with van der Waals surface area (Å²) < 4.78 is 0.971. The molecular formula is C16H16BrClN2O. The van der Waals surface area contributed by atoms with Crippen LogP contribution >= 0.6 is 27.5 Å². The van der Waals surface area contributed by atoms with Crippen molar-refractivity contribution in [2.24, 2.45) is 0 Å². The molecule has 0 saturated heterocycles. The lowest BCUT2D eigenvalue weighted by atomic mass is 10.2. The molecule has 0 saturated carbocycles. The predicted molar refractivity (Wildman–Crippen MR) is 92.2 cm³/mol. The Balaban J connectivity index is 1.96. The van der Waals surface area contributed by atoms with Crippen LogP contribution in [-0.4, -0.2) is 12.5 Å². The Morgan fingerprint density at radius 1 is 1.24 bits per heavy atom. The van der Waals surface area contributed by atoms with E-state index >= 15 is 0 Å². The maximum absolute atomic E-state index is 12.0.